The zero-order valence-corrected chi connectivity index (χ0v) is 16.9. The molecular weight excluding hydrogens is 376 g/mol. The standard InChI is InChI=1S/C20H20N4O3S/c1-12-5-7-15(9-13(12)2)27-11-18-23-24-19(21-22-20(24)28-18)14-6-8-16(25-3)17(10-14)26-4/h5-10H,11H2,1-4H3. The second-order valence-electron chi connectivity index (χ2n) is 6.32. The average molecular weight is 396 g/mol. The molecule has 0 spiro atoms. The van der Waals surface area contributed by atoms with Gasteiger partial charge in [-0.25, -0.2) is 0 Å². The Bertz CT molecular complexity index is 1140. The van der Waals surface area contributed by atoms with Crippen molar-refractivity contribution in [2.24, 2.45) is 0 Å². The van der Waals surface area contributed by atoms with E-state index in [2.05, 4.69) is 35.2 Å². The number of hydrogen-bond acceptors (Lipinski definition) is 7. The van der Waals surface area contributed by atoms with E-state index in [0.717, 1.165) is 16.3 Å². The number of aryl methyl sites for hydroxylation is 2. The van der Waals surface area contributed by atoms with Crippen LogP contribution in [0.2, 0.25) is 0 Å². The van der Waals surface area contributed by atoms with E-state index in [4.69, 9.17) is 14.2 Å². The van der Waals surface area contributed by atoms with Gasteiger partial charge < -0.3 is 14.2 Å². The molecule has 0 bridgehead atoms. The second-order valence-corrected chi connectivity index (χ2v) is 7.36. The predicted molar refractivity (Wildman–Crippen MR) is 107 cm³/mol. The molecule has 0 amide bonds. The third kappa shape index (κ3) is 3.38. The van der Waals surface area contributed by atoms with E-state index < -0.39 is 0 Å². The third-order valence-electron chi connectivity index (χ3n) is 4.52. The molecule has 8 heteroatoms. The molecule has 0 atom stereocenters. The maximum absolute atomic E-state index is 5.89. The van der Waals surface area contributed by atoms with Gasteiger partial charge in [0.25, 0.3) is 0 Å². The molecule has 2 aromatic heterocycles. The summed E-state index contributed by atoms with van der Waals surface area (Å²) in [6.45, 7) is 4.53. The fourth-order valence-electron chi connectivity index (χ4n) is 2.82. The molecule has 7 nitrogen and oxygen atoms in total. The van der Waals surface area contributed by atoms with E-state index in [-0.39, 0.29) is 0 Å². The molecule has 0 fully saturated rings. The third-order valence-corrected chi connectivity index (χ3v) is 5.39. The van der Waals surface area contributed by atoms with Gasteiger partial charge in [-0.1, -0.05) is 17.4 Å². The molecule has 0 unspecified atom stereocenters. The zero-order valence-electron chi connectivity index (χ0n) is 16.1. The van der Waals surface area contributed by atoms with E-state index >= 15 is 0 Å². The van der Waals surface area contributed by atoms with Crippen LogP contribution < -0.4 is 14.2 Å². The molecule has 144 valence electrons. The van der Waals surface area contributed by atoms with Crippen molar-refractivity contribution in [3.63, 3.8) is 0 Å². The number of fused-ring (bicyclic) bond motifs is 1. The van der Waals surface area contributed by atoms with Gasteiger partial charge in [-0.05, 0) is 55.3 Å². The van der Waals surface area contributed by atoms with Crippen molar-refractivity contribution in [1.82, 2.24) is 19.8 Å². The lowest BCUT2D eigenvalue weighted by Crippen LogP contribution is -1.98. The summed E-state index contributed by atoms with van der Waals surface area (Å²) in [6, 6.07) is 11.7. The smallest absolute Gasteiger partial charge is 0.235 e. The summed E-state index contributed by atoms with van der Waals surface area (Å²) < 4.78 is 18.3. The quantitative estimate of drug-likeness (QED) is 0.489. The highest BCUT2D eigenvalue weighted by Crippen LogP contribution is 2.32. The molecule has 0 aliphatic carbocycles. The number of hydrogen-bond donors (Lipinski definition) is 0. The molecule has 28 heavy (non-hydrogen) atoms. The molecule has 4 aromatic rings. The summed E-state index contributed by atoms with van der Waals surface area (Å²) in [7, 11) is 3.21. The van der Waals surface area contributed by atoms with Crippen LogP contribution in [0.5, 0.6) is 17.2 Å². The fourth-order valence-corrected chi connectivity index (χ4v) is 3.57. The highest BCUT2D eigenvalue weighted by Gasteiger charge is 2.16. The first-order chi connectivity index (χ1) is 13.6. The van der Waals surface area contributed by atoms with Crippen LogP contribution in [0, 0.1) is 13.8 Å². The van der Waals surface area contributed by atoms with Crippen molar-refractivity contribution >= 4 is 16.3 Å². The molecule has 0 aliphatic rings. The monoisotopic (exact) mass is 396 g/mol. The predicted octanol–water partition coefficient (Wildman–Crippen LogP) is 4.07. The van der Waals surface area contributed by atoms with Gasteiger partial charge in [0.05, 0.1) is 14.2 Å². The van der Waals surface area contributed by atoms with Crippen LogP contribution >= 0.6 is 11.3 Å². The van der Waals surface area contributed by atoms with Gasteiger partial charge in [-0.15, -0.1) is 10.2 Å². The minimum atomic E-state index is 0.377. The SMILES string of the molecule is COc1ccc(-c2nnc3sc(COc4ccc(C)c(C)c4)nn23)cc1OC. The van der Waals surface area contributed by atoms with Crippen molar-refractivity contribution in [3.8, 4) is 28.6 Å². The Labute approximate surface area is 166 Å². The number of nitrogens with zero attached hydrogens (tertiary/aromatic N) is 4. The van der Waals surface area contributed by atoms with Crippen LogP contribution in [0.15, 0.2) is 36.4 Å². The fraction of sp³-hybridized carbons (Fsp3) is 0.250. The van der Waals surface area contributed by atoms with Gasteiger partial charge in [0.1, 0.15) is 12.4 Å². The van der Waals surface area contributed by atoms with Gasteiger partial charge in [0.15, 0.2) is 22.3 Å². The van der Waals surface area contributed by atoms with Gasteiger partial charge in [-0.2, -0.15) is 9.61 Å². The minimum Gasteiger partial charge on any atom is -0.493 e. The topological polar surface area (TPSA) is 70.8 Å². The first-order valence-electron chi connectivity index (χ1n) is 8.72. The second kappa shape index (κ2) is 7.47. The minimum absolute atomic E-state index is 0.377. The summed E-state index contributed by atoms with van der Waals surface area (Å²) in [5, 5.41) is 13.9. The van der Waals surface area contributed by atoms with E-state index in [9.17, 15) is 0 Å². The summed E-state index contributed by atoms with van der Waals surface area (Å²) in [5.41, 5.74) is 3.29. The lowest BCUT2D eigenvalue weighted by Gasteiger charge is -2.08. The normalized spacial score (nSPS) is 11.0. The van der Waals surface area contributed by atoms with Crippen LogP contribution in [0.25, 0.3) is 16.3 Å². The Balaban J connectivity index is 1.59. The highest BCUT2D eigenvalue weighted by molar-refractivity contribution is 7.16. The average Bonchev–Trinajstić information content (AvgIpc) is 3.28. The summed E-state index contributed by atoms with van der Waals surface area (Å²) >= 11 is 1.45. The summed E-state index contributed by atoms with van der Waals surface area (Å²) in [4.78, 5) is 0.712. The van der Waals surface area contributed by atoms with Crippen LogP contribution in [0.1, 0.15) is 16.1 Å². The van der Waals surface area contributed by atoms with Crippen molar-refractivity contribution < 1.29 is 14.2 Å². The van der Waals surface area contributed by atoms with Gasteiger partial charge in [0.2, 0.25) is 4.96 Å². The maximum Gasteiger partial charge on any atom is 0.235 e. The van der Waals surface area contributed by atoms with Crippen LogP contribution in [-0.2, 0) is 6.61 Å². The number of benzene rings is 2. The molecule has 2 heterocycles. The van der Waals surface area contributed by atoms with Crippen LogP contribution in [0.3, 0.4) is 0 Å². The van der Waals surface area contributed by atoms with Gasteiger partial charge >= 0.3 is 0 Å². The number of methoxy groups -OCH3 is 2. The van der Waals surface area contributed by atoms with E-state index in [1.807, 2.05) is 30.3 Å². The van der Waals surface area contributed by atoms with Crippen molar-refractivity contribution in [2.45, 2.75) is 20.5 Å². The Kier molecular flexibility index (Phi) is 4.87. The van der Waals surface area contributed by atoms with Crippen molar-refractivity contribution in [3.05, 3.63) is 52.5 Å². The number of aromatic nitrogens is 4. The van der Waals surface area contributed by atoms with E-state index in [0.29, 0.717) is 28.9 Å². The lowest BCUT2D eigenvalue weighted by molar-refractivity contribution is 0.304. The largest absolute Gasteiger partial charge is 0.493 e. The van der Waals surface area contributed by atoms with Crippen molar-refractivity contribution in [1.29, 1.82) is 0 Å². The molecule has 0 aliphatic heterocycles. The van der Waals surface area contributed by atoms with E-state index in [1.54, 1.807) is 18.7 Å². The molecule has 0 radical (unpaired) electrons. The lowest BCUT2D eigenvalue weighted by atomic mass is 10.1. The zero-order chi connectivity index (χ0) is 19.7. The Morgan fingerprint density at radius 2 is 1.75 bits per heavy atom. The summed E-state index contributed by atoms with van der Waals surface area (Å²) in [6.07, 6.45) is 0. The molecule has 0 saturated heterocycles. The van der Waals surface area contributed by atoms with Crippen LogP contribution in [0.4, 0.5) is 0 Å². The first-order valence-corrected chi connectivity index (χ1v) is 9.54. The first kappa shape index (κ1) is 18.2. The Morgan fingerprint density at radius 1 is 0.929 bits per heavy atom. The molecule has 4 rings (SSSR count). The van der Waals surface area contributed by atoms with Crippen LogP contribution in [-0.4, -0.2) is 34.0 Å². The maximum atomic E-state index is 5.89. The molecule has 0 saturated carbocycles. The van der Waals surface area contributed by atoms with Gasteiger partial charge in [-0.3, -0.25) is 0 Å². The molecule has 2 aromatic carbocycles. The Morgan fingerprint density at radius 3 is 2.50 bits per heavy atom. The Hall–Kier alpha value is -3.13. The number of ether oxygens (including phenoxy) is 3. The van der Waals surface area contributed by atoms with E-state index in [1.165, 1.54) is 22.5 Å². The van der Waals surface area contributed by atoms with Gasteiger partial charge in [0, 0.05) is 5.56 Å². The molecule has 0 N–H and O–H groups in total. The number of rotatable bonds is 6. The summed E-state index contributed by atoms with van der Waals surface area (Å²) in [5.74, 6) is 2.76. The molecular formula is C20H20N4O3S. The van der Waals surface area contributed by atoms with Crippen molar-refractivity contribution in [2.75, 3.05) is 14.2 Å². The highest BCUT2D eigenvalue weighted by atomic mass is 32.1.